The third-order valence-electron chi connectivity index (χ3n) is 4.10. The molecule has 1 aliphatic rings. The van der Waals surface area contributed by atoms with Crippen molar-refractivity contribution in [2.75, 3.05) is 13.2 Å². The summed E-state index contributed by atoms with van der Waals surface area (Å²) in [5.74, 6) is 1.55. The first-order valence-electron chi connectivity index (χ1n) is 7.17. The highest BCUT2D eigenvalue weighted by Gasteiger charge is 2.26. The van der Waals surface area contributed by atoms with Crippen molar-refractivity contribution in [3.63, 3.8) is 0 Å². The van der Waals surface area contributed by atoms with Crippen LogP contribution in [0.15, 0.2) is 48.5 Å². The van der Waals surface area contributed by atoms with Crippen LogP contribution in [0.4, 0.5) is 0 Å². The van der Waals surface area contributed by atoms with E-state index in [0.717, 1.165) is 18.8 Å². The molecule has 1 heterocycles. The van der Waals surface area contributed by atoms with Crippen LogP contribution in [0.5, 0.6) is 5.75 Å². The zero-order chi connectivity index (χ0) is 13.9. The molecule has 1 aliphatic heterocycles. The van der Waals surface area contributed by atoms with Gasteiger partial charge < -0.3 is 9.84 Å². The Bertz CT molecular complexity index is 591. The lowest BCUT2D eigenvalue weighted by atomic mass is 9.86. The van der Waals surface area contributed by atoms with Crippen molar-refractivity contribution in [3.05, 3.63) is 65.2 Å². The van der Waals surface area contributed by atoms with E-state index >= 15 is 0 Å². The molecule has 20 heavy (non-hydrogen) atoms. The minimum absolute atomic E-state index is 0.176. The van der Waals surface area contributed by atoms with Crippen LogP contribution in [-0.4, -0.2) is 18.3 Å². The standard InChI is InChI=1S/C18H20O2/c1-13-5-4-6-14(9-13)15(11-19)10-16-12-20-18-8-3-2-7-17(16)18/h2-9,15-16,19H,10-12H2,1H3. The number of aryl methyl sites for hydroxylation is 1. The Morgan fingerprint density at radius 1 is 1.20 bits per heavy atom. The fourth-order valence-electron chi connectivity index (χ4n) is 3.01. The number of hydrogen-bond donors (Lipinski definition) is 1. The van der Waals surface area contributed by atoms with Crippen LogP contribution in [0, 0.1) is 6.92 Å². The minimum Gasteiger partial charge on any atom is -0.493 e. The van der Waals surface area contributed by atoms with Gasteiger partial charge in [0.15, 0.2) is 0 Å². The second-order valence-corrected chi connectivity index (χ2v) is 5.58. The van der Waals surface area contributed by atoms with Gasteiger partial charge in [0.05, 0.1) is 6.61 Å². The average Bonchev–Trinajstić information content (AvgIpc) is 2.88. The normalized spacial score (nSPS) is 18.4. The van der Waals surface area contributed by atoms with Crippen molar-refractivity contribution in [3.8, 4) is 5.75 Å². The van der Waals surface area contributed by atoms with Crippen molar-refractivity contribution in [2.24, 2.45) is 0 Å². The van der Waals surface area contributed by atoms with Gasteiger partial charge in [-0.25, -0.2) is 0 Å². The van der Waals surface area contributed by atoms with E-state index in [-0.39, 0.29) is 12.5 Å². The largest absolute Gasteiger partial charge is 0.493 e. The zero-order valence-electron chi connectivity index (χ0n) is 11.8. The summed E-state index contributed by atoms with van der Waals surface area (Å²) < 4.78 is 5.73. The summed E-state index contributed by atoms with van der Waals surface area (Å²) in [6, 6.07) is 16.6. The Labute approximate surface area is 120 Å². The molecule has 0 aromatic heterocycles. The van der Waals surface area contributed by atoms with Crippen LogP contribution in [0.3, 0.4) is 0 Å². The van der Waals surface area contributed by atoms with E-state index in [0.29, 0.717) is 5.92 Å². The Hall–Kier alpha value is -1.80. The predicted molar refractivity (Wildman–Crippen MR) is 80.3 cm³/mol. The molecule has 2 nitrogen and oxygen atoms in total. The molecule has 0 spiro atoms. The van der Waals surface area contributed by atoms with E-state index in [9.17, 15) is 5.11 Å². The molecule has 3 rings (SSSR count). The van der Waals surface area contributed by atoms with E-state index in [1.165, 1.54) is 16.7 Å². The summed E-state index contributed by atoms with van der Waals surface area (Å²) in [7, 11) is 0. The lowest BCUT2D eigenvalue weighted by Crippen LogP contribution is -2.11. The molecule has 2 unspecified atom stereocenters. The average molecular weight is 268 g/mol. The van der Waals surface area contributed by atoms with Gasteiger partial charge in [-0.15, -0.1) is 0 Å². The number of aliphatic hydroxyl groups is 1. The molecule has 0 aliphatic carbocycles. The molecule has 0 amide bonds. The van der Waals surface area contributed by atoms with Crippen LogP contribution in [-0.2, 0) is 0 Å². The van der Waals surface area contributed by atoms with Crippen molar-refractivity contribution >= 4 is 0 Å². The maximum atomic E-state index is 9.74. The van der Waals surface area contributed by atoms with Crippen LogP contribution in [0.1, 0.15) is 34.9 Å². The number of fused-ring (bicyclic) bond motifs is 1. The third-order valence-corrected chi connectivity index (χ3v) is 4.10. The number of aliphatic hydroxyl groups excluding tert-OH is 1. The molecule has 0 bridgehead atoms. The van der Waals surface area contributed by atoms with Crippen LogP contribution in [0.25, 0.3) is 0 Å². The highest BCUT2D eigenvalue weighted by atomic mass is 16.5. The first-order valence-corrected chi connectivity index (χ1v) is 7.17. The van der Waals surface area contributed by atoms with Gasteiger partial charge in [-0.05, 0) is 25.0 Å². The summed E-state index contributed by atoms with van der Waals surface area (Å²) in [5.41, 5.74) is 3.74. The van der Waals surface area contributed by atoms with Gasteiger partial charge in [-0.2, -0.15) is 0 Å². The van der Waals surface area contributed by atoms with Gasteiger partial charge >= 0.3 is 0 Å². The van der Waals surface area contributed by atoms with Crippen LogP contribution < -0.4 is 4.74 Å². The maximum Gasteiger partial charge on any atom is 0.122 e. The van der Waals surface area contributed by atoms with E-state index < -0.39 is 0 Å². The Kier molecular flexibility index (Phi) is 3.75. The SMILES string of the molecule is Cc1cccc(C(CO)CC2COc3ccccc32)c1. The van der Waals surface area contributed by atoms with Crippen molar-refractivity contribution in [2.45, 2.75) is 25.2 Å². The fraction of sp³-hybridized carbons (Fsp3) is 0.333. The highest BCUT2D eigenvalue weighted by molar-refractivity contribution is 5.40. The first-order chi connectivity index (χ1) is 9.78. The van der Waals surface area contributed by atoms with Gasteiger partial charge in [0, 0.05) is 24.0 Å². The molecule has 1 N–H and O–H groups in total. The number of ether oxygens (including phenoxy) is 1. The molecule has 0 saturated carbocycles. The Morgan fingerprint density at radius 2 is 2.05 bits per heavy atom. The monoisotopic (exact) mass is 268 g/mol. The molecule has 2 heteroatoms. The second-order valence-electron chi connectivity index (χ2n) is 5.58. The van der Waals surface area contributed by atoms with Crippen LogP contribution in [0.2, 0.25) is 0 Å². The zero-order valence-corrected chi connectivity index (χ0v) is 11.8. The smallest absolute Gasteiger partial charge is 0.122 e. The second kappa shape index (κ2) is 5.68. The van der Waals surface area contributed by atoms with Gasteiger partial charge in [0.2, 0.25) is 0 Å². The Morgan fingerprint density at radius 3 is 2.85 bits per heavy atom. The summed E-state index contributed by atoms with van der Waals surface area (Å²) in [4.78, 5) is 0. The predicted octanol–water partition coefficient (Wildman–Crippen LogP) is 3.64. The third kappa shape index (κ3) is 2.56. The molecule has 2 aromatic carbocycles. The molecular weight excluding hydrogens is 248 g/mol. The van der Waals surface area contributed by atoms with E-state index in [1.54, 1.807) is 0 Å². The van der Waals surface area contributed by atoms with Gasteiger partial charge in [-0.3, -0.25) is 0 Å². The quantitative estimate of drug-likeness (QED) is 0.917. The van der Waals surface area contributed by atoms with Gasteiger partial charge in [0.1, 0.15) is 5.75 Å². The highest BCUT2D eigenvalue weighted by Crippen LogP contribution is 2.39. The van der Waals surface area contributed by atoms with E-state index in [2.05, 4.69) is 43.3 Å². The number of benzene rings is 2. The van der Waals surface area contributed by atoms with E-state index in [1.807, 2.05) is 12.1 Å². The topological polar surface area (TPSA) is 29.5 Å². The summed E-state index contributed by atoms with van der Waals surface area (Å²) in [5, 5.41) is 9.74. The number of rotatable bonds is 4. The number of para-hydroxylation sites is 1. The summed E-state index contributed by atoms with van der Waals surface area (Å²) in [6.07, 6.45) is 0.928. The summed E-state index contributed by atoms with van der Waals surface area (Å²) >= 11 is 0. The van der Waals surface area contributed by atoms with Crippen molar-refractivity contribution < 1.29 is 9.84 Å². The van der Waals surface area contributed by atoms with Gasteiger partial charge in [-0.1, -0.05) is 48.0 Å². The molecule has 0 fully saturated rings. The van der Waals surface area contributed by atoms with E-state index in [4.69, 9.17) is 4.74 Å². The Balaban J connectivity index is 1.80. The molecule has 0 radical (unpaired) electrons. The lowest BCUT2D eigenvalue weighted by Gasteiger charge is -2.19. The summed E-state index contributed by atoms with van der Waals surface area (Å²) in [6.45, 7) is 3.00. The van der Waals surface area contributed by atoms with Crippen LogP contribution >= 0.6 is 0 Å². The first kappa shape index (κ1) is 13.2. The molecule has 104 valence electrons. The minimum atomic E-state index is 0.176. The van der Waals surface area contributed by atoms with Crippen molar-refractivity contribution in [1.29, 1.82) is 0 Å². The molecule has 2 atom stereocenters. The number of hydrogen-bond acceptors (Lipinski definition) is 2. The molecule has 0 saturated heterocycles. The van der Waals surface area contributed by atoms with Gasteiger partial charge in [0.25, 0.3) is 0 Å². The fourth-order valence-corrected chi connectivity index (χ4v) is 3.01. The van der Waals surface area contributed by atoms with Crippen molar-refractivity contribution in [1.82, 2.24) is 0 Å². The lowest BCUT2D eigenvalue weighted by molar-refractivity contribution is 0.243. The molecular formula is C18H20O2. The molecule has 2 aromatic rings. The maximum absolute atomic E-state index is 9.74.